The second-order valence-corrected chi connectivity index (χ2v) is 10.8. The Morgan fingerprint density at radius 3 is 2.58 bits per heavy atom. The molecule has 1 aromatic carbocycles. The van der Waals surface area contributed by atoms with Gasteiger partial charge in [0.2, 0.25) is 5.91 Å². The van der Waals surface area contributed by atoms with Gasteiger partial charge in [-0.15, -0.1) is 0 Å². The third kappa shape index (κ3) is 6.01. The number of methoxy groups -OCH3 is 1. The van der Waals surface area contributed by atoms with Gasteiger partial charge in [0.05, 0.1) is 36.0 Å². The van der Waals surface area contributed by atoms with E-state index in [1.54, 1.807) is 42.2 Å². The van der Waals surface area contributed by atoms with Crippen molar-refractivity contribution in [2.24, 2.45) is 5.41 Å². The molecule has 1 saturated carbocycles. The number of amides is 2. The van der Waals surface area contributed by atoms with Crippen LogP contribution in [0.1, 0.15) is 73.7 Å². The Bertz CT molecular complexity index is 984. The maximum Gasteiger partial charge on any atom is 0.257 e. The van der Waals surface area contributed by atoms with E-state index >= 15 is 0 Å². The largest absolute Gasteiger partial charge is 0.493 e. The van der Waals surface area contributed by atoms with Crippen LogP contribution in [-0.4, -0.2) is 80.8 Å². The van der Waals surface area contributed by atoms with E-state index < -0.39 is 0 Å². The predicted octanol–water partition coefficient (Wildman–Crippen LogP) is 3.77. The van der Waals surface area contributed by atoms with Crippen LogP contribution in [0.3, 0.4) is 0 Å². The molecule has 8 heteroatoms. The predicted molar refractivity (Wildman–Crippen MR) is 135 cm³/mol. The number of nitriles is 1. The third-order valence-corrected chi connectivity index (χ3v) is 8.13. The average Bonchev–Trinajstić information content (AvgIpc) is 2.88. The van der Waals surface area contributed by atoms with Crippen molar-refractivity contribution in [1.82, 2.24) is 9.80 Å². The van der Waals surface area contributed by atoms with Gasteiger partial charge in [-0.25, -0.2) is 0 Å². The van der Waals surface area contributed by atoms with Crippen molar-refractivity contribution in [3.63, 3.8) is 0 Å². The van der Waals surface area contributed by atoms with E-state index in [-0.39, 0.29) is 35.5 Å². The summed E-state index contributed by atoms with van der Waals surface area (Å²) in [5.74, 6) is 0.381. The molecular weight excluding hydrogens is 458 g/mol. The van der Waals surface area contributed by atoms with Gasteiger partial charge in [-0.1, -0.05) is 19.3 Å². The van der Waals surface area contributed by atoms with E-state index in [1.807, 2.05) is 7.05 Å². The molecule has 2 heterocycles. The molecule has 0 radical (unpaired) electrons. The number of carbonyl (C=O) groups is 2. The van der Waals surface area contributed by atoms with E-state index in [9.17, 15) is 14.9 Å². The van der Waals surface area contributed by atoms with E-state index in [0.717, 1.165) is 44.9 Å². The first-order valence-corrected chi connectivity index (χ1v) is 13.2. The van der Waals surface area contributed by atoms with Gasteiger partial charge in [-0.3, -0.25) is 9.59 Å². The quantitative estimate of drug-likeness (QED) is 0.587. The number of rotatable bonds is 1. The van der Waals surface area contributed by atoms with Gasteiger partial charge in [0.25, 0.3) is 5.91 Å². The zero-order chi connectivity index (χ0) is 25.7. The Morgan fingerprint density at radius 2 is 1.86 bits per heavy atom. The lowest BCUT2D eigenvalue weighted by molar-refractivity contribution is -0.152. The summed E-state index contributed by atoms with van der Waals surface area (Å²) in [6.07, 6.45) is 7.61. The molecular formula is C28H39N3O5. The molecule has 0 unspecified atom stereocenters. The molecule has 2 fully saturated rings. The summed E-state index contributed by atoms with van der Waals surface area (Å²) in [6, 6.07) is 7.13. The number of likely N-dealkylation sites (N-methyl/N-ethyl adjacent to an activating group) is 1. The van der Waals surface area contributed by atoms with Gasteiger partial charge in [0, 0.05) is 47.1 Å². The topological polar surface area (TPSA) is 92.1 Å². The summed E-state index contributed by atoms with van der Waals surface area (Å²) >= 11 is 0. The maximum absolute atomic E-state index is 13.6. The van der Waals surface area contributed by atoms with Crippen molar-refractivity contribution < 1.29 is 23.8 Å². The molecule has 196 valence electrons. The number of hydrogen-bond acceptors (Lipinski definition) is 6. The van der Waals surface area contributed by atoms with Crippen LogP contribution < -0.4 is 4.74 Å². The second-order valence-electron chi connectivity index (χ2n) is 10.8. The molecule has 2 bridgehead atoms. The van der Waals surface area contributed by atoms with Crippen molar-refractivity contribution in [1.29, 1.82) is 5.26 Å². The zero-order valence-electron chi connectivity index (χ0n) is 21.8. The summed E-state index contributed by atoms with van der Waals surface area (Å²) in [5, 5.41) is 9.43. The van der Waals surface area contributed by atoms with Gasteiger partial charge in [0.1, 0.15) is 11.9 Å². The number of fused-ring (bicyclic) bond motifs is 3. The van der Waals surface area contributed by atoms with Gasteiger partial charge >= 0.3 is 0 Å². The zero-order valence-corrected chi connectivity index (χ0v) is 21.8. The first-order chi connectivity index (χ1) is 17.3. The minimum absolute atomic E-state index is 0.0114. The first kappa shape index (κ1) is 26.4. The number of hydrogen-bond donors (Lipinski definition) is 0. The van der Waals surface area contributed by atoms with Crippen molar-refractivity contribution in [2.45, 2.75) is 76.1 Å². The molecule has 1 aliphatic carbocycles. The van der Waals surface area contributed by atoms with Crippen LogP contribution in [0.5, 0.6) is 5.75 Å². The van der Waals surface area contributed by atoms with Crippen molar-refractivity contribution in [2.75, 3.05) is 40.9 Å². The molecule has 4 rings (SSSR count). The average molecular weight is 498 g/mol. The van der Waals surface area contributed by atoms with Gasteiger partial charge in [0.15, 0.2) is 0 Å². The van der Waals surface area contributed by atoms with E-state index in [0.29, 0.717) is 49.4 Å². The van der Waals surface area contributed by atoms with E-state index in [4.69, 9.17) is 14.2 Å². The number of benzene rings is 1. The molecule has 8 nitrogen and oxygen atoms in total. The Morgan fingerprint density at radius 1 is 1.08 bits per heavy atom. The Hall–Kier alpha value is -2.63. The fraction of sp³-hybridized carbons (Fsp3) is 0.679. The molecule has 36 heavy (non-hydrogen) atoms. The number of nitrogens with zero attached hydrogens (tertiary/aromatic N) is 3. The van der Waals surface area contributed by atoms with Crippen LogP contribution in [0.25, 0.3) is 0 Å². The van der Waals surface area contributed by atoms with Crippen molar-refractivity contribution >= 4 is 11.8 Å². The van der Waals surface area contributed by atoms with Crippen molar-refractivity contribution in [3.8, 4) is 11.8 Å². The lowest BCUT2D eigenvalue weighted by Crippen LogP contribution is -2.49. The summed E-state index contributed by atoms with van der Waals surface area (Å²) in [7, 11) is 5.34. The fourth-order valence-electron chi connectivity index (χ4n) is 6.07. The lowest BCUT2D eigenvalue weighted by atomic mass is 9.71. The first-order valence-electron chi connectivity index (χ1n) is 13.2. The normalized spacial score (nSPS) is 27.8. The highest BCUT2D eigenvalue weighted by Gasteiger charge is 2.39. The smallest absolute Gasteiger partial charge is 0.257 e. The summed E-state index contributed by atoms with van der Waals surface area (Å²) in [4.78, 5) is 30.6. The molecule has 1 aromatic rings. The Kier molecular flexibility index (Phi) is 8.53. The molecule has 3 atom stereocenters. The molecule has 2 amide bonds. The minimum Gasteiger partial charge on any atom is -0.493 e. The maximum atomic E-state index is 13.6. The van der Waals surface area contributed by atoms with E-state index in [1.165, 1.54) is 0 Å². The Labute approximate surface area is 214 Å². The SMILES string of the molecule is CO[C@@H]1CC[C@@H]2CCOc3ccc(C#N)cc3C(=O)N(C)CC3(CCCCC3)CC(=O)N(C)C[C@H]1O2. The van der Waals surface area contributed by atoms with Crippen LogP contribution >= 0.6 is 0 Å². The van der Waals surface area contributed by atoms with Crippen LogP contribution in [-0.2, 0) is 14.3 Å². The highest BCUT2D eigenvalue weighted by atomic mass is 16.5. The van der Waals surface area contributed by atoms with E-state index in [2.05, 4.69) is 6.07 Å². The second kappa shape index (κ2) is 11.6. The summed E-state index contributed by atoms with van der Waals surface area (Å²) in [5.41, 5.74) is 0.539. The van der Waals surface area contributed by atoms with Crippen LogP contribution in [0.15, 0.2) is 18.2 Å². The monoisotopic (exact) mass is 497 g/mol. The molecule has 0 aromatic heterocycles. The Balaban J connectivity index is 1.66. The van der Waals surface area contributed by atoms with Crippen LogP contribution in [0.2, 0.25) is 0 Å². The van der Waals surface area contributed by atoms with Crippen LogP contribution in [0, 0.1) is 16.7 Å². The van der Waals surface area contributed by atoms with Gasteiger partial charge < -0.3 is 24.0 Å². The molecule has 1 spiro atoms. The molecule has 1 saturated heterocycles. The van der Waals surface area contributed by atoms with Gasteiger partial charge in [-0.2, -0.15) is 5.26 Å². The molecule has 2 aliphatic heterocycles. The number of ether oxygens (including phenoxy) is 3. The van der Waals surface area contributed by atoms with Gasteiger partial charge in [-0.05, 0) is 49.3 Å². The number of carbonyl (C=O) groups excluding carboxylic acids is 2. The highest BCUT2D eigenvalue weighted by Crippen LogP contribution is 2.41. The highest BCUT2D eigenvalue weighted by molar-refractivity contribution is 5.97. The molecule has 3 aliphatic rings. The lowest BCUT2D eigenvalue weighted by Gasteiger charge is -2.42. The minimum atomic E-state index is -0.268. The molecule has 0 N–H and O–H groups in total. The summed E-state index contributed by atoms with van der Waals surface area (Å²) < 4.78 is 18.2. The summed E-state index contributed by atoms with van der Waals surface area (Å²) in [6.45, 7) is 1.37. The van der Waals surface area contributed by atoms with Crippen molar-refractivity contribution in [3.05, 3.63) is 29.3 Å². The third-order valence-electron chi connectivity index (χ3n) is 8.13. The fourth-order valence-corrected chi connectivity index (χ4v) is 6.07. The van der Waals surface area contributed by atoms with Crippen LogP contribution in [0.4, 0.5) is 0 Å². The standard InChI is InChI=1S/C28H39N3O5/c1-30-18-25-24(34-3)10-8-21(36-25)11-14-35-23-9-7-20(17-29)15-22(23)27(33)31(2)19-28(16-26(30)32)12-5-4-6-13-28/h7,9,15,21,24-25H,4-6,8,10-14,16,18-19H2,1-3H3/t21-,24-,25-/m1/s1.